The number of aromatic nitrogens is 1. The molecule has 0 aromatic carbocycles. The first kappa shape index (κ1) is 12.8. The van der Waals surface area contributed by atoms with E-state index >= 15 is 0 Å². The molecule has 2 atom stereocenters. The van der Waals surface area contributed by atoms with Gasteiger partial charge in [0.25, 0.3) is 0 Å². The second-order valence-corrected chi connectivity index (χ2v) is 4.30. The van der Waals surface area contributed by atoms with Gasteiger partial charge in [0, 0.05) is 6.54 Å². The molecule has 6 heteroatoms. The highest BCUT2D eigenvalue weighted by Crippen LogP contribution is 2.20. The van der Waals surface area contributed by atoms with Crippen molar-refractivity contribution in [2.45, 2.75) is 19.1 Å². The Labute approximate surface area is 105 Å². The number of hydrogen-bond donors (Lipinski definition) is 2. The molecule has 98 valence electrons. The zero-order valence-electron chi connectivity index (χ0n) is 10.2. The summed E-state index contributed by atoms with van der Waals surface area (Å²) in [7, 11) is 0. The highest BCUT2D eigenvalue weighted by Gasteiger charge is 2.28. The van der Waals surface area contributed by atoms with Crippen molar-refractivity contribution >= 4 is 11.6 Å². The Morgan fingerprint density at radius 3 is 3.00 bits per heavy atom. The van der Waals surface area contributed by atoms with Gasteiger partial charge in [-0.15, -0.1) is 0 Å². The number of primary amides is 1. The Bertz CT molecular complexity index is 419. The number of morpholine rings is 1. The summed E-state index contributed by atoms with van der Waals surface area (Å²) >= 11 is 0. The lowest BCUT2D eigenvalue weighted by molar-refractivity contribution is -0.121. The normalized spacial score (nSPS) is 21.7. The quantitative estimate of drug-likeness (QED) is 0.778. The van der Waals surface area contributed by atoms with Gasteiger partial charge in [-0.05, 0) is 19.1 Å². The summed E-state index contributed by atoms with van der Waals surface area (Å²) in [5.41, 5.74) is 6.76. The maximum Gasteiger partial charge on any atom is 0.242 e. The first-order valence-corrected chi connectivity index (χ1v) is 5.87. The highest BCUT2D eigenvalue weighted by molar-refractivity contribution is 5.84. The average molecular weight is 251 g/mol. The summed E-state index contributed by atoms with van der Waals surface area (Å²) in [4.78, 5) is 17.4. The first-order valence-electron chi connectivity index (χ1n) is 5.87. The minimum absolute atomic E-state index is 0.299. The lowest BCUT2D eigenvalue weighted by Gasteiger charge is -2.35. The maximum atomic E-state index is 11.4. The Morgan fingerprint density at radius 1 is 1.67 bits per heavy atom. The molecule has 1 aliphatic rings. The summed E-state index contributed by atoms with van der Waals surface area (Å²) in [5, 5.41) is 9.39. The van der Waals surface area contributed by atoms with Gasteiger partial charge in [0.2, 0.25) is 5.91 Å². The number of nitrogens with zero attached hydrogens (tertiary/aromatic N) is 2. The zero-order chi connectivity index (χ0) is 13.1. The number of anilines is 1. The Balaban J connectivity index is 2.20. The van der Waals surface area contributed by atoms with Gasteiger partial charge >= 0.3 is 0 Å². The van der Waals surface area contributed by atoms with E-state index in [1.165, 1.54) is 0 Å². The van der Waals surface area contributed by atoms with Gasteiger partial charge in [-0.1, -0.05) is 0 Å². The molecule has 2 rings (SSSR count). The Morgan fingerprint density at radius 2 is 2.44 bits per heavy atom. The van der Waals surface area contributed by atoms with Gasteiger partial charge in [-0.2, -0.15) is 0 Å². The molecule has 2 unspecified atom stereocenters. The number of ether oxygens (including phenoxy) is 1. The fourth-order valence-electron chi connectivity index (χ4n) is 1.96. The summed E-state index contributed by atoms with van der Waals surface area (Å²) < 4.78 is 5.25. The molecule has 3 N–H and O–H groups in total. The van der Waals surface area contributed by atoms with Gasteiger partial charge in [0.1, 0.15) is 6.04 Å². The molecule has 1 aromatic rings. The largest absolute Gasteiger partial charge is 0.387 e. The predicted molar refractivity (Wildman–Crippen MR) is 66.0 cm³/mol. The van der Waals surface area contributed by atoms with Crippen LogP contribution in [0.1, 0.15) is 18.7 Å². The van der Waals surface area contributed by atoms with Crippen LogP contribution in [0.2, 0.25) is 0 Å². The van der Waals surface area contributed by atoms with Crippen molar-refractivity contribution < 1.29 is 14.6 Å². The minimum Gasteiger partial charge on any atom is -0.387 e. The van der Waals surface area contributed by atoms with Gasteiger partial charge in [-0.3, -0.25) is 9.78 Å². The molecule has 0 spiro atoms. The molecular formula is C12H17N3O3. The van der Waals surface area contributed by atoms with E-state index in [2.05, 4.69) is 4.98 Å². The number of pyridine rings is 1. The fraction of sp³-hybridized carbons (Fsp3) is 0.500. The molecule has 1 fully saturated rings. The molecule has 6 nitrogen and oxygen atoms in total. The van der Waals surface area contributed by atoms with Gasteiger partial charge in [0.05, 0.1) is 36.9 Å². The number of hydrogen-bond acceptors (Lipinski definition) is 5. The fourth-order valence-corrected chi connectivity index (χ4v) is 1.96. The molecule has 0 aliphatic carbocycles. The summed E-state index contributed by atoms with van der Waals surface area (Å²) in [6.07, 6.45) is 1.04. The van der Waals surface area contributed by atoms with Gasteiger partial charge < -0.3 is 20.5 Å². The summed E-state index contributed by atoms with van der Waals surface area (Å²) in [6.45, 7) is 3.11. The summed E-state index contributed by atoms with van der Waals surface area (Å²) in [5.74, 6) is -0.408. The van der Waals surface area contributed by atoms with Crippen molar-refractivity contribution in [1.29, 1.82) is 0 Å². The topological polar surface area (TPSA) is 88.7 Å². The SMILES string of the molecule is CC(O)c1ccc(N2CCOCC2C(N)=O)cn1. The second kappa shape index (κ2) is 5.32. The average Bonchev–Trinajstić information content (AvgIpc) is 2.39. The van der Waals surface area contributed by atoms with Crippen LogP contribution in [0.5, 0.6) is 0 Å². The van der Waals surface area contributed by atoms with Crippen LogP contribution in [0.15, 0.2) is 18.3 Å². The number of aliphatic hydroxyl groups excluding tert-OH is 1. The van der Waals surface area contributed by atoms with Crippen LogP contribution >= 0.6 is 0 Å². The molecular weight excluding hydrogens is 234 g/mol. The molecule has 1 saturated heterocycles. The molecule has 1 aromatic heterocycles. The number of aliphatic hydroxyl groups is 1. The highest BCUT2D eigenvalue weighted by atomic mass is 16.5. The van der Waals surface area contributed by atoms with E-state index in [4.69, 9.17) is 10.5 Å². The third-order valence-corrected chi connectivity index (χ3v) is 2.99. The van der Waals surface area contributed by atoms with Crippen LogP contribution in [0, 0.1) is 0 Å². The molecule has 0 radical (unpaired) electrons. The van der Waals surface area contributed by atoms with Gasteiger partial charge in [0.15, 0.2) is 0 Å². The minimum atomic E-state index is -0.601. The van der Waals surface area contributed by atoms with Crippen molar-refractivity contribution in [1.82, 2.24) is 4.98 Å². The third kappa shape index (κ3) is 2.60. The molecule has 0 saturated carbocycles. The number of amides is 1. The van der Waals surface area contributed by atoms with E-state index in [1.54, 1.807) is 19.2 Å². The number of carbonyl (C=O) groups is 1. The molecule has 1 amide bonds. The monoisotopic (exact) mass is 251 g/mol. The van der Waals surface area contributed by atoms with Gasteiger partial charge in [-0.25, -0.2) is 0 Å². The Hall–Kier alpha value is -1.66. The summed E-state index contributed by atoms with van der Waals surface area (Å²) in [6, 6.07) is 3.11. The number of carbonyl (C=O) groups excluding carboxylic acids is 1. The maximum absolute atomic E-state index is 11.4. The van der Waals surface area contributed by atoms with E-state index in [9.17, 15) is 9.90 Å². The van der Waals surface area contributed by atoms with Crippen LogP contribution in [0.4, 0.5) is 5.69 Å². The van der Waals surface area contributed by atoms with Crippen molar-refractivity contribution in [3.63, 3.8) is 0 Å². The Kier molecular flexibility index (Phi) is 3.78. The number of rotatable bonds is 3. The van der Waals surface area contributed by atoms with E-state index in [-0.39, 0.29) is 0 Å². The van der Waals surface area contributed by atoms with E-state index in [1.807, 2.05) is 11.0 Å². The van der Waals surface area contributed by atoms with Crippen molar-refractivity contribution in [2.24, 2.45) is 5.73 Å². The van der Waals surface area contributed by atoms with Crippen LogP contribution < -0.4 is 10.6 Å². The lowest BCUT2D eigenvalue weighted by Crippen LogP contribution is -2.52. The lowest BCUT2D eigenvalue weighted by atomic mass is 10.2. The second-order valence-electron chi connectivity index (χ2n) is 4.30. The first-order chi connectivity index (χ1) is 8.59. The van der Waals surface area contributed by atoms with Crippen LogP contribution in [0.25, 0.3) is 0 Å². The zero-order valence-corrected chi connectivity index (χ0v) is 10.2. The van der Waals surface area contributed by atoms with Crippen molar-refractivity contribution in [3.05, 3.63) is 24.0 Å². The van der Waals surface area contributed by atoms with Crippen LogP contribution in [-0.4, -0.2) is 41.8 Å². The van der Waals surface area contributed by atoms with E-state index in [0.29, 0.717) is 25.5 Å². The molecule has 2 heterocycles. The van der Waals surface area contributed by atoms with E-state index in [0.717, 1.165) is 5.69 Å². The van der Waals surface area contributed by atoms with Crippen LogP contribution in [-0.2, 0) is 9.53 Å². The van der Waals surface area contributed by atoms with Crippen molar-refractivity contribution in [3.8, 4) is 0 Å². The molecule has 1 aliphatic heterocycles. The number of nitrogens with two attached hydrogens (primary N) is 1. The molecule has 0 bridgehead atoms. The molecule has 18 heavy (non-hydrogen) atoms. The van der Waals surface area contributed by atoms with E-state index < -0.39 is 18.1 Å². The standard InChI is InChI=1S/C12H17N3O3/c1-8(16)10-3-2-9(6-14-10)15-4-5-18-7-11(15)12(13)17/h2-3,6,8,11,16H,4-5,7H2,1H3,(H2,13,17). The third-order valence-electron chi connectivity index (χ3n) is 2.99. The predicted octanol–water partition coefficient (Wildman–Crippen LogP) is -0.175. The van der Waals surface area contributed by atoms with Crippen molar-refractivity contribution in [2.75, 3.05) is 24.7 Å². The van der Waals surface area contributed by atoms with Crippen LogP contribution in [0.3, 0.4) is 0 Å². The smallest absolute Gasteiger partial charge is 0.242 e.